The van der Waals surface area contributed by atoms with Crippen molar-refractivity contribution in [3.8, 4) is 11.5 Å². The van der Waals surface area contributed by atoms with E-state index in [4.69, 9.17) is 44.3 Å². The summed E-state index contributed by atoms with van der Waals surface area (Å²) >= 11 is 22.4. The summed E-state index contributed by atoms with van der Waals surface area (Å²) in [6.45, 7) is 3.19. The van der Waals surface area contributed by atoms with E-state index in [0.717, 1.165) is 15.7 Å². The van der Waals surface area contributed by atoms with Gasteiger partial charge in [-0.25, -0.2) is 0 Å². The molecule has 0 saturated carbocycles. The molecule has 3 nitrogen and oxygen atoms in total. The maximum Gasteiger partial charge on any atom is 0.180 e. The molecule has 7 heteroatoms. The Hall–Kier alpha value is -1.59. The van der Waals surface area contributed by atoms with Crippen molar-refractivity contribution < 1.29 is 9.47 Å². The molecular weight excluding hydrogens is 497 g/mol. The van der Waals surface area contributed by atoms with Gasteiger partial charge in [0.2, 0.25) is 0 Å². The minimum absolute atomic E-state index is 0.189. The quantitative estimate of drug-likeness (QED) is 0.330. The van der Waals surface area contributed by atoms with E-state index in [9.17, 15) is 0 Å². The van der Waals surface area contributed by atoms with Gasteiger partial charge >= 0.3 is 0 Å². The average molecular weight is 516 g/mol. The normalized spacial score (nSPS) is 10.7. The van der Waals surface area contributed by atoms with Gasteiger partial charge in [-0.15, -0.1) is 0 Å². The third kappa shape index (κ3) is 5.95. The molecule has 1 N–H and O–H groups in total. The number of hydrogen-bond acceptors (Lipinski definition) is 3. The smallest absolute Gasteiger partial charge is 0.180 e. The topological polar surface area (TPSA) is 30.5 Å². The molecule has 0 aliphatic rings. The van der Waals surface area contributed by atoms with E-state index in [0.29, 0.717) is 45.3 Å². The molecule has 0 heterocycles. The van der Waals surface area contributed by atoms with Crippen LogP contribution in [-0.2, 0) is 13.2 Å². The maximum absolute atomic E-state index is 6.51. The number of nitrogens with one attached hydrogen (secondary N) is 1. The summed E-state index contributed by atoms with van der Waals surface area (Å²) in [6, 6.07) is 17.1. The highest BCUT2D eigenvalue weighted by atomic mass is 79.9. The van der Waals surface area contributed by atoms with Gasteiger partial charge < -0.3 is 14.8 Å². The number of halogens is 4. The van der Waals surface area contributed by atoms with Gasteiger partial charge in [0.05, 0.1) is 11.6 Å². The third-order valence-electron chi connectivity index (χ3n) is 4.13. The van der Waals surface area contributed by atoms with Crippen LogP contribution in [0.1, 0.15) is 18.1 Å². The van der Waals surface area contributed by atoms with Crippen LogP contribution < -0.4 is 14.8 Å². The second-order valence-corrected chi connectivity index (χ2v) is 8.32. The molecule has 152 valence electrons. The molecule has 0 aromatic heterocycles. The molecule has 3 aromatic rings. The zero-order valence-corrected chi connectivity index (χ0v) is 19.5. The number of ether oxygens (including phenoxy) is 2. The van der Waals surface area contributed by atoms with Crippen LogP contribution in [0.4, 0.5) is 5.69 Å². The molecule has 0 fully saturated rings. The lowest BCUT2D eigenvalue weighted by atomic mass is 10.2. The van der Waals surface area contributed by atoms with Crippen molar-refractivity contribution in [2.75, 3.05) is 11.9 Å². The van der Waals surface area contributed by atoms with E-state index in [1.165, 1.54) is 0 Å². The Balaban J connectivity index is 1.77. The van der Waals surface area contributed by atoms with Crippen LogP contribution in [0.5, 0.6) is 11.5 Å². The van der Waals surface area contributed by atoms with E-state index in [-0.39, 0.29) is 6.61 Å². The molecule has 0 unspecified atom stereocenters. The van der Waals surface area contributed by atoms with Gasteiger partial charge in [0, 0.05) is 32.3 Å². The van der Waals surface area contributed by atoms with Gasteiger partial charge in [0.15, 0.2) is 11.5 Å². The first-order valence-electron chi connectivity index (χ1n) is 8.98. The molecule has 0 saturated heterocycles. The zero-order valence-electron chi connectivity index (χ0n) is 15.6. The summed E-state index contributed by atoms with van der Waals surface area (Å²) in [7, 11) is 0. The van der Waals surface area contributed by atoms with Crippen LogP contribution in [0.3, 0.4) is 0 Å². The van der Waals surface area contributed by atoms with Gasteiger partial charge in [0.25, 0.3) is 0 Å². The highest BCUT2D eigenvalue weighted by Gasteiger charge is 2.15. The molecule has 0 atom stereocenters. The van der Waals surface area contributed by atoms with E-state index < -0.39 is 0 Å². The van der Waals surface area contributed by atoms with Crippen LogP contribution >= 0.6 is 50.7 Å². The number of benzene rings is 3. The second kappa shape index (κ2) is 10.4. The Bertz CT molecular complexity index is 960. The van der Waals surface area contributed by atoms with Crippen LogP contribution in [0.25, 0.3) is 0 Å². The zero-order chi connectivity index (χ0) is 20.8. The Labute approximate surface area is 194 Å². The average Bonchev–Trinajstić information content (AvgIpc) is 2.69. The number of hydrogen-bond donors (Lipinski definition) is 1. The highest BCUT2D eigenvalue weighted by molar-refractivity contribution is 9.10. The van der Waals surface area contributed by atoms with E-state index in [2.05, 4.69) is 21.2 Å². The first-order valence-corrected chi connectivity index (χ1v) is 10.9. The van der Waals surface area contributed by atoms with Crippen molar-refractivity contribution in [2.45, 2.75) is 20.1 Å². The van der Waals surface area contributed by atoms with Crippen LogP contribution in [0.15, 0.2) is 59.1 Å². The van der Waals surface area contributed by atoms with Gasteiger partial charge in [0.1, 0.15) is 6.61 Å². The fraction of sp³-hybridized carbons (Fsp3) is 0.182. The first-order chi connectivity index (χ1) is 14.0. The van der Waals surface area contributed by atoms with Gasteiger partial charge in [-0.2, -0.15) is 0 Å². The van der Waals surface area contributed by atoms with Crippen molar-refractivity contribution in [1.82, 2.24) is 0 Å². The van der Waals surface area contributed by atoms with Crippen molar-refractivity contribution in [1.29, 1.82) is 0 Å². The van der Waals surface area contributed by atoms with Crippen LogP contribution in [0.2, 0.25) is 15.1 Å². The fourth-order valence-corrected chi connectivity index (χ4v) is 3.77. The van der Waals surface area contributed by atoms with E-state index in [1.54, 1.807) is 18.2 Å². The van der Waals surface area contributed by atoms with Crippen molar-refractivity contribution >= 4 is 56.4 Å². The fourth-order valence-electron chi connectivity index (χ4n) is 2.71. The standard InChI is InChI=1S/C22H19BrCl3NO2/c1-2-28-21-11-14(12-27-16-8-6-15(23)7-9-16)10-20(26)22(21)29-13-17-18(24)4-3-5-19(17)25/h3-11,27H,2,12-13H2,1H3. The van der Waals surface area contributed by atoms with Crippen molar-refractivity contribution in [3.05, 3.63) is 85.3 Å². The van der Waals surface area contributed by atoms with Gasteiger partial charge in [-0.1, -0.05) is 56.8 Å². The van der Waals surface area contributed by atoms with Crippen molar-refractivity contribution in [2.24, 2.45) is 0 Å². The lowest BCUT2D eigenvalue weighted by Crippen LogP contribution is -2.04. The highest BCUT2D eigenvalue weighted by Crippen LogP contribution is 2.38. The number of rotatable bonds is 8. The van der Waals surface area contributed by atoms with Crippen LogP contribution in [-0.4, -0.2) is 6.61 Å². The Kier molecular flexibility index (Phi) is 7.96. The molecule has 3 rings (SSSR count). The molecule has 29 heavy (non-hydrogen) atoms. The first kappa shape index (κ1) is 22.1. The minimum atomic E-state index is 0.189. The summed E-state index contributed by atoms with van der Waals surface area (Å²) in [4.78, 5) is 0. The second-order valence-electron chi connectivity index (χ2n) is 6.19. The third-order valence-corrected chi connectivity index (χ3v) is 5.65. The molecule has 0 bridgehead atoms. The predicted octanol–water partition coefficient (Wildman–Crippen LogP) is 8.00. The van der Waals surface area contributed by atoms with Crippen LogP contribution in [0, 0.1) is 0 Å². The van der Waals surface area contributed by atoms with Gasteiger partial charge in [-0.05, 0) is 61.0 Å². The molecular formula is C22H19BrCl3NO2. The van der Waals surface area contributed by atoms with E-state index >= 15 is 0 Å². The van der Waals surface area contributed by atoms with Crippen molar-refractivity contribution in [3.63, 3.8) is 0 Å². The Morgan fingerprint density at radius 1 is 0.897 bits per heavy atom. The SMILES string of the molecule is CCOc1cc(CNc2ccc(Br)cc2)cc(Cl)c1OCc1c(Cl)cccc1Cl. The van der Waals surface area contributed by atoms with Gasteiger partial charge in [-0.3, -0.25) is 0 Å². The molecule has 0 aliphatic heterocycles. The summed E-state index contributed by atoms with van der Waals surface area (Å²) in [5, 5.41) is 4.92. The molecule has 0 spiro atoms. The minimum Gasteiger partial charge on any atom is -0.490 e. The summed E-state index contributed by atoms with van der Waals surface area (Å²) in [5.74, 6) is 1.05. The molecule has 0 aliphatic carbocycles. The molecule has 3 aromatic carbocycles. The monoisotopic (exact) mass is 513 g/mol. The Morgan fingerprint density at radius 2 is 1.59 bits per heavy atom. The summed E-state index contributed by atoms with van der Waals surface area (Å²) < 4.78 is 12.7. The Morgan fingerprint density at radius 3 is 2.24 bits per heavy atom. The number of anilines is 1. The molecule has 0 amide bonds. The predicted molar refractivity (Wildman–Crippen MR) is 125 cm³/mol. The molecule has 0 radical (unpaired) electrons. The lowest BCUT2D eigenvalue weighted by molar-refractivity contribution is 0.269. The lowest BCUT2D eigenvalue weighted by Gasteiger charge is -2.17. The largest absolute Gasteiger partial charge is 0.490 e. The maximum atomic E-state index is 6.51. The summed E-state index contributed by atoms with van der Waals surface area (Å²) in [6.07, 6.45) is 0. The summed E-state index contributed by atoms with van der Waals surface area (Å²) in [5.41, 5.74) is 2.69. The van der Waals surface area contributed by atoms with E-state index in [1.807, 2.05) is 43.3 Å².